The van der Waals surface area contributed by atoms with Gasteiger partial charge in [0.05, 0.1) is 13.0 Å². The van der Waals surface area contributed by atoms with Crippen LogP contribution in [0.1, 0.15) is 12.0 Å². The lowest BCUT2D eigenvalue weighted by atomic mass is 10.1. The van der Waals surface area contributed by atoms with Crippen LogP contribution in [0.15, 0.2) is 30.3 Å². The van der Waals surface area contributed by atoms with Crippen molar-refractivity contribution in [2.24, 2.45) is 11.5 Å². The van der Waals surface area contributed by atoms with Crippen molar-refractivity contribution in [1.29, 1.82) is 0 Å². The highest BCUT2D eigenvalue weighted by Gasteiger charge is 2.38. The van der Waals surface area contributed by atoms with Gasteiger partial charge in [-0.1, -0.05) is 30.3 Å². The van der Waals surface area contributed by atoms with E-state index in [0.29, 0.717) is 0 Å². The summed E-state index contributed by atoms with van der Waals surface area (Å²) in [5.41, 5.74) is 11.4. The van der Waals surface area contributed by atoms with E-state index in [2.05, 4.69) is 0 Å². The number of hydrogen-bond acceptors (Lipinski definition) is 6. The molecule has 140 valence electrons. The zero-order chi connectivity index (χ0) is 19.1. The minimum atomic E-state index is -1.04. The molecule has 0 spiro atoms. The summed E-state index contributed by atoms with van der Waals surface area (Å²) in [6.07, 6.45) is -0.319. The summed E-state index contributed by atoms with van der Waals surface area (Å²) >= 11 is 0. The molecule has 9 nitrogen and oxygen atoms in total. The molecule has 3 amide bonds. The Balaban J connectivity index is 1.96. The van der Waals surface area contributed by atoms with E-state index in [1.807, 2.05) is 30.3 Å². The molecule has 1 aromatic rings. The average Bonchev–Trinajstić information content (AvgIpc) is 2.63. The Hall–Kier alpha value is -2.94. The summed E-state index contributed by atoms with van der Waals surface area (Å²) in [6.45, 7) is -0.108. The molecule has 1 saturated heterocycles. The molecule has 1 fully saturated rings. The van der Waals surface area contributed by atoms with Crippen molar-refractivity contribution in [2.75, 3.05) is 26.2 Å². The van der Waals surface area contributed by atoms with Gasteiger partial charge in [-0.3, -0.25) is 19.2 Å². The molecule has 1 atom stereocenters. The van der Waals surface area contributed by atoms with Gasteiger partial charge in [0.25, 0.3) is 0 Å². The van der Waals surface area contributed by atoms with E-state index in [-0.39, 0.29) is 39.2 Å². The molecule has 1 aliphatic rings. The Labute approximate surface area is 150 Å². The smallest absolute Gasteiger partial charge is 0.325 e. The van der Waals surface area contributed by atoms with Crippen LogP contribution in [0.3, 0.4) is 0 Å². The Bertz CT molecular complexity index is 679. The van der Waals surface area contributed by atoms with Gasteiger partial charge in [0.15, 0.2) is 0 Å². The first-order valence-corrected chi connectivity index (χ1v) is 8.18. The number of primary amides is 1. The molecule has 4 N–H and O–H groups in total. The van der Waals surface area contributed by atoms with Crippen LogP contribution in [-0.4, -0.2) is 65.7 Å². The third kappa shape index (κ3) is 5.03. The molecule has 1 heterocycles. The number of esters is 1. The number of nitrogens with two attached hydrogens (primary N) is 2. The maximum atomic E-state index is 12.6. The van der Waals surface area contributed by atoms with Gasteiger partial charge in [0, 0.05) is 13.1 Å². The fourth-order valence-electron chi connectivity index (χ4n) is 2.74. The second kappa shape index (κ2) is 8.95. The Kier molecular flexibility index (Phi) is 6.67. The fourth-order valence-corrected chi connectivity index (χ4v) is 2.74. The highest BCUT2D eigenvalue weighted by Crippen LogP contribution is 2.15. The van der Waals surface area contributed by atoms with Crippen LogP contribution in [0.5, 0.6) is 0 Å². The molecular weight excluding hydrogens is 340 g/mol. The van der Waals surface area contributed by atoms with Gasteiger partial charge >= 0.3 is 5.97 Å². The van der Waals surface area contributed by atoms with E-state index in [0.717, 1.165) is 5.56 Å². The van der Waals surface area contributed by atoms with E-state index in [1.54, 1.807) is 0 Å². The summed E-state index contributed by atoms with van der Waals surface area (Å²) in [7, 11) is 0. The molecule has 0 aliphatic carbocycles. The molecule has 9 heteroatoms. The zero-order valence-corrected chi connectivity index (χ0v) is 14.3. The molecule has 1 unspecified atom stereocenters. The van der Waals surface area contributed by atoms with Crippen molar-refractivity contribution in [3.63, 3.8) is 0 Å². The minimum absolute atomic E-state index is 0.101. The first-order valence-electron chi connectivity index (χ1n) is 8.18. The number of benzene rings is 1. The standard InChI is InChI=1S/C17H22N4O5/c18-9-15(23)21-7-6-20(17(25)13(21)8-14(19)22)10-16(24)26-11-12-4-2-1-3-5-12/h1-5,13H,6-11,18H2,(H2,19,22). The maximum Gasteiger partial charge on any atom is 0.325 e. The molecule has 1 aliphatic heterocycles. The number of carbonyl (C=O) groups excluding carboxylic acids is 4. The van der Waals surface area contributed by atoms with Crippen molar-refractivity contribution < 1.29 is 23.9 Å². The van der Waals surface area contributed by atoms with Crippen molar-refractivity contribution in [3.8, 4) is 0 Å². The number of rotatable bonds is 7. The van der Waals surface area contributed by atoms with Gasteiger partial charge in [-0.25, -0.2) is 0 Å². The number of amides is 3. The molecule has 0 aromatic heterocycles. The first kappa shape index (κ1) is 19.4. The summed E-state index contributed by atoms with van der Waals surface area (Å²) in [6, 6.07) is 8.10. The molecule has 2 rings (SSSR count). The number of nitrogens with zero attached hydrogens (tertiary/aromatic N) is 2. The second-order valence-corrected chi connectivity index (χ2v) is 5.88. The summed E-state index contributed by atoms with van der Waals surface area (Å²) in [4.78, 5) is 50.2. The lowest BCUT2D eigenvalue weighted by Gasteiger charge is -2.39. The Morgan fingerprint density at radius 2 is 1.85 bits per heavy atom. The largest absolute Gasteiger partial charge is 0.459 e. The summed E-state index contributed by atoms with van der Waals surface area (Å²) in [5, 5.41) is 0. The van der Waals surface area contributed by atoms with Crippen LogP contribution in [0.2, 0.25) is 0 Å². The number of piperazine rings is 1. The molecular formula is C17H22N4O5. The third-order valence-corrected chi connectivity index (χ3v) is 4.04. The normalized spacial score (nSPS) is 17.1. The Morgan fingerprint density at radius 3 is 2.46 bits per heavy atom. The van der Waals surface area contributed by atoms with Crippen LogP contribution < -0.4 is 11.5 Å². The highest BCUT2D eigenvalue weighted by molar-refractivity contribution is 5.94. The van der Waals surface area contributed by atoms with E-state index in [1.165, 1.54) is 9.80 Å². The summed E-state index contributed by atoms with van der Waals surface area (Å²) in [5.74, 6) is -2.25. The lowest BCUT2D eigenvalue weighted by molar-refractivity contribution is -0.158. The predicted molar refractivity (Wildman–Crippen MR) is 91.2 cm³/mol. The van der Waals surface area contributed by atoms with E-state index in [4.69, 9.17) is 16.2 Å². The van der Waals surface area contributed by atoms with E-state index >= 15 is 0 Å². The van der Waals surface area contributed by atoms with Crippen molar-refractivity contribution in [2.45, 2.75) is 19.1 Å². The van der Waals surface area contributed by atoms with Gasteiger partial charge in [-0.2, -0.15) is 0 Å². The fraction of sp³-hybridized carbons (Fsp3) is 0.412. The first-order chi connectivity index (χ1) is 12.4. The average molecular weight is 362 g/mol. The number of ether oxygens (including phenoxy) is 1. The molecule has 1 aromatic carbocycles. The molecule has 0 radical (unpaired) electrons. The Morgan fingerprint density at radius 1 is 1.15 bits per heavy atom. The lowest BCUT2D eigenvalue weighted by Crippen LogP contribution is -2.61. The monoisotopic (exact) mass is 362 g/mol. The quantitative estimate of drug-likeness (QED) is 0.573. The number of carbonyl (C=O) groups is 4. The van der Waals surface area contributed by atoms with Crippen LogP contribution >= 0.6 is 0 Å². The van der Waals surface area contributed by atoms with Crippen LogP contribution in [0, 0.1) is 0 Å². The van der Waals surface area contributed by atoms with Gasteiger partial charge in [-0.05, 0) is 5.56 Å². The predicted octanol–water partition coefficient (Wildman–Crippen LogP) is -1.40. The molecule has 0 bridgehead atoms. The zero-order valence-electron chi connectivity index (χ0n) is 14.3. The topological polar surface area (TPSA) is 136 Å². The van der Waals surface area contributed by atoms with Crippen LogP contribution in [-0.2, 0) is 30.5 Å². The van der Waals surface area contributed by atoms with Crippen molar-refractivity contribution >= 4 is 23.7 Å². The maximum absolute atomic E-state index is 12.6. The van der Waals surface area contributed by atoms with Crippen LogP contribution in [0.25, 0.3) is 0 Å². The van der Waals surface area contributed by atoms with Crippen molar-refractivity contribution in [1.82, 2.24) is 9.80 Å². The van der Waals surface area contributed by atoms with Crippen LogP contribution in [0.4, 0.5) is 0 Å². The SMILES string of the molecule is NCC(=O)N1CCN(CC(=O)OCc2ccccc2)C(=O)C1CC(N)=O. The van der Waals surface area contributed by atoms with E-state index in [9.17, 15) is 19.2 Å². The molecule has 26 heavy (non-hydrogen) atoms. The number of hydrogen-bond donors (Lipinski definition) is 2. The van der Waals surface area contributed by atoms with Gasteiger partial charge < -0.3 is 26.0 Å². The van der Waals surface area contributed by atoms with Crippen molar-refractivity contribution in [3.05, 3.63) is 35.9 Å². The highest BCUT2D eigenvalue weighted by atomic mass is 16.5. The van der Waals surface area contributed by atoms with Gasteiger partial charge in [0.1, 0.15) is 19.2 Å². The third-order valence-electron chi connectivity index (χ3n) is 4.04. The van der Waals surface area contributed by atoms with Gasteiger partial charge in [-0.15, -0.1) is 0 Å². The van der Waals surface area contributed by atoms with E-state index < -0.39 is 29.7 Å². The minimum Gasteiger partial charge on any atom is -0.459 e. The summed E-state index contributed by atoms with van der Waals surface area (Å²) < 4.78 is 5.17. The molecule has 0 saturated carbocycles. The second-order valence-electron chi connectivity index (χ2n) is 5.88. The van der Waals surface area contributed by atoms with Gasteiger partial charge in [0.2, 0.25) is 17.7 Å².